The average molecular weight is 312 g/mol. The molecule has 2 rings (SSSR count). The summed E-state index contributed by atoms with van der Waals surface area (Å²) >= 11 is 12.0. The van der Waals surface area contributed by atoms with Crippen molar-refractivity contribution < 1.29 is 0 Å². The third-order valence-corrected chi connectivity index (χ3v) is 4.11. The van der Waals surface area contributed by atoms with Crippen molar-refractivity contribution in [2.45, 2.75) is 39.8 Å². The highest BCUT2D eigenvalue weighted by Crippen LogP contribution is 2.24. The van der Waals surface area contributed by atoms with Crippen LogP contribution in [0.2, 0.25) is 10.0 Å². The predicted octanol–water partition coefficient (Wildman–Crippen LogP) is 3.74. The Morgan fingerprint density at radius 1 is 1.25 bits per heavy atom. The van der Waals surface area contributed by atoms with E-state index >= 15 is 0 Å². The molecule has 1 aromatic heterocycles. The number of nitrogens with zero attached hydrogens (tertiary/aromatic N) is 2. The topological polar surface area (TPSA) is 43.8 Å². The molecule has 0 fully saturated rings. The minimum absolute atomic E-state index is 0.134. The zero-order valence-electron chi connectivity index (χ0n) is 12.0. The largest absolute Gasteiger partial charge is 0.328 e. The summed E-state index contributed by atoms with van der Waals surface area (Å²) < 4.78 is 1.99. The Balaban J connectivity index is 2.27. The van der Waals surface area contributed by atoms with Gasteiger partial charge in [0.25, 0.3) is 0 Å². The third kappa shape index (κ3) is 3.35. The highest BCUT2D eigenvalue weighted by Gasteiger charge is 2.13. The lowest BCUT2D eigenvalue weighted by Crippen LogP contribution is -2.18. The third-order valence-electron chi connectivity index (χ3n) is 3.37. The first-order valence-electron chi connectivity index (χ1n) is 6.61. The van der Waals surface area contributed by atoms with E-state index in [9.17, 15) is 0 Å². The zero-order valence-corrected chi connectivity index (χ0v) is 13.5. The van der Waals surface area contributed by atoms with E-state index in [4.69, 9.17) is 28.9 Å². The molecule has 5 heteroatoms. The molecule has 1 aromatic carbocycles. The van der Waals surface area contributed by atoms with E-state index < -0.39 is 0 Å². The first-order chi connectivity index (χ1) is 9.38. The second-order valence-electron chi connectivity index (χ2n) is 5.24. The van der Waals surface area contributed by atoms with E-state index in [0.717, 1.165) is 23.4 Å². The van der Waals surface area contributed by atoms with Crippen LogP contribution in [0.4, 0.5) is 0 Å². The maximum absolute atomic E-state index is 6.05. The summed E-state index contributed by atoms with van der Waals surface area (Å²) in [7, 11) is 0. The number of aryl methyl sites for hydroxylation is 1. The number of halogens is 2. The van der Waals surface area contributed by atoms with E-state index in [1.54, 1.807) is 0 Å². The van der Waals surface area contributed by atoms with Crippen molar-refractivity contribution >= 4 is 23.2 Å². The minimum Gasteiger partial charge on any atom is -0.328 e. The maximum atomic E-state index is 6.05. The van der Waals surface area contributed by atoms with Crippen molar-refractivity contribution in [1.29, 1.82) is 0 Å². The van der Waals surface area contributed by atoms with Crippen LogP contribution in [0.3, 0.4) is 0 Å². The number of benzene rings is 1. The molecule has 0 radical (unpaired) electrons. The molecule has 0 bridgehead atoms. The van der Waals surface area contributed by atoms with Crippen molar-refractivity contribution in [2.24, 2.45) is 5.73 Å². The van der Waals surface area contributed by atoms with Crippen molar-refractivity contribution in [3.8, 4) is 0 Å². The van der Waals surface area contributed by atoms with E-state index in [1.165, 1.54) is 5.56 Å². The van der Waals surface area contributed by atoms with Gasteiger partial charge in [-0.25, -0.2) is 0 Å². The van der Waals surface area contributed by atoms with E-state index in [-0.39, 0.29) is 6.04 Å². The minimum atomic E-state index is 0.134. The Bertz CT molecular complexity index is 618. The highest BCUT2D eigenvalue weighted by atomic mass is 35.5. The summed E-state index contributed by atoms with van der Waals surface area (Å²) in [5, 5.41) is 5.74. The summed E-state index contributed by atoms with van der Waals surface area (Å²) in [6.07, 6.45) is 0.846. The molecule has 1 atom stereocenters. The van der Waals surface area contributed by atoms with Crippen molar-refractivity contribution in [2.75, 3.05) is 0 Å². The van der Waals surface area contributed by atoms with E-state index in [1.807, 2.05) is 36.7 Å². The maximum Gasteiger partial charge on any atom is 0.0663 e. The molecule has 0 saturated heterocycles. The van der Waals surface area contributed by atoms with Crippen LogP contribution in [-0.2, 0) is 13.0 Å². The fourth-order valence-electron chi connectivity index (χ4n) is 2.32. The Morgan fingerprint density at radius 3 is 2.55 bits per heavy atom. The van der Waals surface area contributed by atoms with Gasteiger partial charge in [0.1, 0.15) is 0 Å². The number of hydrogen-bond acceptors (Lipinski definition) is 2. The van der Waals surface area contributed by atoms with Crippen LogP contribution in [0.25, 0.3) is 0 Å². The van der Waals surface area contributed by atoms with Crippen LogP contribution in [-0.4, -0.2) is 15.8 Å². The number of rotatable bonds is 4. The quantitative estimate of drug-likeness (QED) is 0.934. The smallest absolute Gasteiger partial charge is 0.0663 e. The molecule has 3 nitrogen and oxygen atoms in total. The summed E-state index contributed by atoms with van der Waals surface area (Å²) in [5.41, 5.74) is 10.4. The second-order valence-corrected chi connectivity index (χ2v) is 6.05. The lowest BCUT2D eigenvalue weighted by molar-refractivity contribution is 0.656. The van der Waals surface area contributed by atoms with Gasteiger partial charge >= 0.3 is 0 Å². The molecule has 2 aromatic rings. The molecule has 0 spiro atoms. The molecule has 1 heterocycles. The van der Waals surface area contributed by atoms with Crippen molar-refractivity contribution in [1.82, 2.24) is 9.78 Å². The monoisotopic (exact) mass is 311 g/mol. The lowest BCUT2D eigenvalue weighted by Gasteiger charge is -2.08. The molecule has 0 aliphatic heterocycles. The van der Waals surface area contributed by atoms with Gasteiger partial charge in [-0.1, -0.05) is 29.3 Å². The molecule has 1 unspecified atom stereocenters. The van der Waals surface area contributed by atoms with Crippen LogP contribution in [0, 0.1) is 13.8 Å². The van der Waals surface area contributed by atoms with Gasteiger partial charge < -0.3 is 5.73 Å². The van der Waals surface area contributed by atoms with Crippen molar-refractivity contribution in [3.05, 3.63) is 50.8 Å². The molecule has 0 saturated carbocycles. The number of aromatic nitrogens is 2. The molecule has 0 aliphatic rings. The van der Waals surface area contributed by atoms with Crippen molar-refractivity contribution in [3.63, 3.8) is 0 Å². The standard InChI is InChI=1S/C15H19Cl2N3/c1-9(18)6-13-10(2)19-20(11(13)3)8-12-4-5-14(16)15(17)7-12/h4-5,7,9H,6,8,18H2,1-3H3. The average Bonchev–Trinajstić information content (AvgIpc) is 2.61. The highest BCUT2D eigenvalue weighted by molar-refractivity contribution is 6.42. The van der Waals surface area contributed by atoms with Crippen LogP contribution < -0.4 is 5.73 Å². The Labute approximate surface area is 129 Å². The molecule has 0 aliphatic carbocycles. The van der Waals surface area contributed by atoms with Crippen LogP contribution in [0.5, 0.6) is 0 Å². The summed E-state index contributed by atoms with van der Waals surface area (Å²) in [6.45, 7) is 6.79. The lowest BCUT2D eigenvalue weighted by atomic mass is 10.1. The zero-order chi connectivity index (χ0) is 14.9. The number of hydrogen-bond donors (Lipinski definition) is 1. The first-order valence-corrected chi connectivity index (χ1v) is 7.36. The van der Waals surface area contributed by atoms with Gasteiger partial charge in [0, 0.05) is 11.7 Å². The van der Waals surface area contributed by atoms with Crippen LogP contribution >= 0.6 is 23.2 Å². The Hall–Kier alpha value is -1.03. The Morgan fingerprint density at radius 2 is 1.95 bits per heavy atom. The van der Waals surface area contributed by atoms with Crippen LogP contribution in [0.15, 0.2) is 18.2 Å². The molecule has 20 heavy (non-hydrogen) atoms. The molecule has 108 valence electrons. The van der Waals surface area contributed by atoms with Crippen LogP contribution in [0.1, 0.15) is 29.4 Å². The van der Waals surface area contributed by atoms with Gasteiger partial charge in [0.05, 0.1) is 22.3 Å². The van der Waals surface area contributed by atoms with Gasteiger partial charge in [0.15, 0.2) is 0 Å². The van der Waals surface area contributed by atoms with Gasteiger partial charge in [-0.3, -0.25) is 4.68 Å². The Kier molecular flexibility index (Phi) is 4.74. The molecule has 0 amide bonds. The van der Waals surface area contributed by atoms with Gasteiger partial charge in [0.2, 0.25) is 0 Å². The van der Waals surface area contributed by atoms with Gasteiger partial charge in [-0.15, -0.1) is 0 Å². The normalized spacial score (nSPS) is 12.7. The summed E-state index contributed by atoms with van der Waals surface area (Å²) in [4.78, 5) is 0. The fourth-order valence-corrected chi connectivity index (χ4v) is 2.64. The van der Waals surface area contributed by atoms with E-state index in [0.29, 0.717) is 16.6 Å². The molecule has 2 N–H and O–H groups in total. The summed E-state index contributed by atoms with van der Waals surface area (Å²) in [6, 6.07) is 5.80. The summed E-state index contributed by atoms with van der Waals surface area (Å²) in [5.74, 6) is 0. The first kappa shape index (κ1) is 15.4. The molecular weight excluding hydrogens is 293 g/mol. The van der Waals surface area contributed by atoms with E-state index in [2.05, 4.69) is 12.0 Å². The number of nitrogens with two attached hydrogens (primary N) is 1. The van der Waals surface area contributed by atoms with Gasteiger partial charge in [-0.2, -0.15) is 5.10 Å². The SMILES string of the molecule is Cc1nn(Cc2ccc(Cl)c(Cl)c2)c(C)c1CC(C)N. The predicted molar refractivity (Wildman–Crippen MR) is 84.6 cm³/mol. The van der Waals surface area contributed by atoms with Gasteiger partial charge in [-0.05, 0) is 50.5 Å². The fraction of sp³-hybridized carbons (Fsp3) is 0.400. The molecular formula is C15H19Cl2N3. The second kappa shape index (κ2) is 6.17.